The SMILES string of the molecule is CN(C)C1(CNC2CCCSC2)CCC1. The van der Waals surface area contributed by atoms with E-state index in [4.69, 9.17) is 0 Å². The van der Waals surface area contributed by atoms with Gasteiger partial charge in [0.2, 0.25) is 0 Å². The van der Waals surface area contributed by atoms with Gasteiger partial charge in [0.05, 0.1) is 0 Å². The molecule has 1 heterocycles. The van der Waals surface area contributed by atoms with Crippen LogP contribution in [0.5, 0.6) is 0 Å². The Kier molecular flexibility index (Phi) is 3.97. The molecule has 1 aliphatic heterocycles. The van der Waals surface area contributed by atoms with Crippen LogP contribution >= 0.6 is 11.8 Å². The zero-order chi connectivity index (χ0) is 10.7. The highest BCUT2D eigenvalue weighted by atomic mass is 32.2. The molecule has 88 valence electrons. The quantitative estimate of drug-likeness (QED) is 0.792. The minimum Gasteiger partial charge on any atom is -0.311 e. The van der Waals surface area contributed by atoms with Crippen LogP contribution in [0.3, 0.4) is 0 Å². The van der Waals surface area contributed by atoms with Crippen molar-refractivity contribution < 1.29 is 0 Å². The van der Waals surface area contributed by atoms with E-state index in [9.17, 15) is 0 Å². The normalized spacial score (nSPS) is 30.2. The molecule has 3 heteroatoms. The number of hydrogen-bond acceptors (Lipinski definition) is 3. The van der Waals surface area contributed by atoms with E-state index in [0.29, 0.717) is 5.54 Å². The molecule has 0 amide bonds. The van der Waals surface area contributed by atoms with Gasteiger partial charge in [-0.2, -0.15) is 11.8 Å². The summed E-state index contributed by atoms with van der Waals surface area (Å²) < 4.78 is 0. The van der Waals surface area contributed by atoms with Crippen LogP contribution in [0, 0.1) is 0 Å². The summed E-state index contributed by atoms with van der Waals surface area (Å²) >= 11 is 2.11. The van der Waals surface area contributed by atoms with Gasteiger partial charge in [-0.3, -0.25) is 0 Å². The van der Waals surface area contributed by atoms with E-state index in [1.54, 1.807) is 0 Å². The summed E-state index contributed by atoms with van der Waals surface area (Å²) in [6, 6.07) is 0.779. The Hall–Kier alpha value is 0.270. The van der Waals surface area contributed by atoms with Crippen molar-refractivity contribution in [1.29, 1.82) is 0 Å². The number of thioether (sulfide) groups is 1. The minimum atomic E-state index is 0.488. The fourth-order valence-electron chi connectivity index (χ4n) is 2.60. The van der Waals surface area contributed by atoms with Gasteiger partial charge in [-0.1, -0.05) is 0 Å². The van der Waals surface area contributed by atoms with Crippen LogP contribution in [0.2, 0.25) is 0 Å². The van der Waals surface area contributed by atoms with E-state index in [1.165, 1.54) is 50.2 Å². The van der Waals surface area contributed by atoms with Crippen molar-refractivity contribution in [2.75, 3.05) is 32.1 Å². The number of hydrogen-bond donors (Lipinski definition) is 1. The summed E-state index contributed by atoms with van der Waals surface area (Å²) in [7, 11) is 4.47. The van der Waals surface area contributed by atoms with Crippen LogP contribution in [0.4, 0.5) is 0 Å². The van der Waals surface area contributed by atoms with Crippen LogP contribution in [0.15, 0.2) is 0 Å². The van der Waals surface area contributed by atoms with Crippen molar-refractivity contribution in [3.05, 3.63) is 0 Å². The van der Waals surface area contributed by atoms with Crippen LogP contribution in [0.1, 0.15) is 32.1 Å². The summed E-state index contributed by atoms with van der Waals surface area (Å²) in [6.45, 7) is 1.20. The minimum absolute atomic E-state index is 0.488. The van der Waals surface area contributed by atoms with Crippen LogP contribution in [-0.2, 0) is 0 Å². The molecule has 15 heavy (non-hydrogen) atoms. The molecule has 2 fully saturated rings. The predicted octanol–water partition coefficient (Wildman–Crippen LogP) is 1.96. The molecule has 1 N–H and O–H groups in total. The summed E-state index contributed by atoms with van der Waals surface area (Å²) in [5.74, 6) is 2.69. The van der Waals surface area contributed by atoms with Crippen molar-refractivity contribution in [3.8, 4) is 0 Å². The Morgan fingerprint density at radius 1 is 1.33 bits per heavy atom. The molecule has 2 rings (SSSR count). The van der Waals surface area contributed by atoms with E-state index >= 15 is 0 Å². The van der Waals surface area contributed by atoms with Crippen molar-refractivity contribution in [2.24, 2.45) is 0 Å². The van der Waals surface area contributed by atoms with Crippen LogP contribution in [0.25, 0.3) is 0 Å². The second-order valence-electron chi connectivity index (χ2n) is 5.27. The van der Waals surface area contributed by atoms with Crippen molar-refractivity contribution >= 4 is 11.8 Å². The lowest BCUT2D eigenvalue weighted by Crippen LogP contribution is -2.58. The molecular formula is C12H24N2S. The van der Waals surface area contributed by atoms with Gasteiger partial charge in [-0.05, 0) is 52.0 Å². The molecule has 1 unspecified atom stereocenters. The third-order valence-electron chi connectivity index (χ3n) is 4.11. The van der Waals surface area contributed by atoms with E-state index < -0.39 is 0 Å². The lowest BCUT2D eigenvalue weighted by molar-refractivity contribution is 0.0574. The molecule has 1 saturated carbocycles. The van der Waals surface area contributed by atoms with Crippen molar-refractivity contribution in [2.45, 2.75) is 43.7 Å². The zero-order valence-electron chi connectivity index (χ0n) is 10.1. The predicted molar refractivity (Wildman–Crippen MR) is 68.6 cm³/mol. The molecule has 1 aliphatic carbocycles. The van der Waals surface area contributed by atoms with Gasteiger partial charge in [-0.25, -0.2) is 0 Å². The monoisotopic (exact) mass is 228 g/mol. The first kappa shape index (κ1) is 11.7. The number of likely N-dealkylation sites (N-methyl/N-ethyl adjacent to an activating group) is 1. The Balaban J connectivity index is 1.75. The molecule has 0 spiro atoms. The maximum Gasteiger partial charge on any atom is 0.0328 e. The van der Waals surface area contributed by atoms with E-state index in [2.05, 4.69) is 36.1 Å². The third-order valence-corrected chi connectivity index (χ3v) is 5.33. The average Bonchev–Trinajstić information content (AvgIpc) is 2.17. The number of nitrogens with zero attached hydrogens (tertiary/aromatic N) is 1. The van der Waals surface area contributed by atoms with Gasteiger partial charge in [0.25, 0.3) is 0 Å². The summed E-state index contributed by atoms with van der Waals surface area (Å²) in [5, 5.41) is 3.78. The molecule has 0 aromatic heterocycles. The van der Waals surface area contributed by atoms with Gasteiger partial charge in [0.15, 0.2) is 0 Å². The molecular weight excluding hydrogens is 204 g/mol. The molecule has 0 radical (unpaired) electrons. The standard InChI is InChI=1S/C12H24N2S/c1-14(2)12(6-4-7-12)10-13-11-5-3-8-15-9-11/h11,13H,3-10H2,1-2H3. The van der Waals surface area contributed by atoms with Crippen molar-refractivity contribution in [1.82, 2.24) is 10.2 Å². The third kappa shape index (κ3) is 2.69. The number of rotatable bonds is 4. The number of nitrogens with one attached hydrogen (secondary N) is 1. The molecule has 1 atom stereocenters. The van der Waals surface area contributed by atoms with Gasteiger partial charge in [0, 0.05) is 23.9 Å². The molecule has 2 nitrogen and oxygen atoms in total. The van der Waals surface area contributed by atoms with E-state index in [1.807, 2.05) is 0 Å². The smallest absolute Gasteiger partial charge is 0.0328 e. The van der Waals surface area contributed by atoms with Gasteiger partial charge >= 0.3 is 0 Å². The van der Waals surface area contributed by atoms with E-state index in [-0.39, 0.29) is 0 Å². The van der Waals surface area contributed by atoms with Crippen LogP contribution < -0.4 is 5.32 Å². The lowest BCUT2D eigenvalue weighted by Gasteiger charge is -2.48. The first-order chi connectivity index (χ1) is 7.23. The van der Waals surface area contributed by atoms with E-state index in [0.717, 1.165) is 6.04 Å². The Morgan fingerprint density at radius 3 is 2.60 bits per heavy atom. The lowest BCUT2D eigenvalue weighted by atomic mass is 9.75. The first-order valence-corrected chi connectivity index (χ1v) is 7.37. The highest BCUT2D eigenvalue weighted by molar-refractivity contribution is 7.99. The molecule has 1 saturated heterocycles. The van der Waals surface area contributed by atoms with Gasteiger partial charge < -0.3 is 10.2 Å². The molecule has 0 aromatic rings. The Bertz CT molecular complexity index is 196. The topological polar surface area (TPSA) is 15.3 Å². The van der Waals surface area contributed by atoms with Gasteiger partial charge in [-0.15, -0.1) is 0 Å². The van der Waals surface area contributed by atoms with Gasteiger partial charge in [0.1, 0.15) is 0 Å². The second-order valence-corrected chi connectivity index (χ2v) is 6.42. The highest BCUT2D eigenvalue weighted by Gasteiger charge is 2.39. The second kappa shape index (κ2) is 5.07. The highest BCUT2D eigenvalue weighted by Crippen LogP contribution is 2.35. The first-order valence-electron chi connectivity index (χ1n) is 6.21. The molecule has 2 aliphatic rings. The molecule has 0 aromatic carbocycles. The summed E-state index contributed by atoms with van der Waals surface area (Å²) in [5.41, 5.74) is 0.488. The fraction of sp³-hybridized carbons (Fsp3) is 1.00. The summed E-state index contributed by atoms with van der Waals surface area (Å²) in [6.07, 6.45) is 6.97. The Morgan fingerprint density at radius 2 is 2.13 bits per heavy atom. The Labute approximate surface area is 98.2 Å². The zero-order valence-corrected chi connectivity index (χ0v) is 10.9. The molecule has 0 bridgehead atoms. The van der Waals surface area contributed by atoms with Crippen LogP contribution in [-0.4, -0.2) is 48.6 Å². The fourth-order valence-corrected chi connectivity index (χ4v) is 3.71. The maximum absolute atomic E-state index is 3.78. The average molecular weight is 228 g/mol. The largest absolute Gasteiger partial charge is 0.311 e. The maximum atomic E-state index is 3.78. The summed E-state index contributed by atoms with van der Waals surface area (Å²) in [4.78, 5) is 2.43. The van der Waals surface area contributed by atoms with Crippen molar-refractivity contribution in [3.63, 3.8) is 0 Å².